The van der Waals surface area contributed by atoms with Gasteiger partial charge in [-0.25, -0.2) is 4.98 Å². The zero-order valence-electron chi connectivity index (χ0n) is 15.1. The molecule has 0 saturated carbocycles. The zero-order chi connectivity index (χ0) is 19.5. The molecular weight excluding hydrogens is 396 g/mol. The zero-order valence-corrected chi connectivity index (χ0v) is 16.6. The maximum Gasteiger partial charge on any atom is 0.289 e. The van der Waals surface area contributed by atoms with Gasteiger partial charge < -0.3 is 9.32 Å². The second kappa shape index (κ2) is 8.08. The minimum atomic E-state index is -0.190. The van der Waals surface area contributed by atoms with Crippen LogP contribution in [0, 0.1) is 0 Å². The summed E-state index contributed by atoms with van der Waals surface area (Å²) in [5.41, 5.74) is 2.41. The van der Waals surface area contributed by atoms with Crippen LogP contribution in [-0.2, 0) is 12.3 Å². The summed E-state index contributed by atoms with van der Waals surface area (Å²) < 4.78 is 5.94. The van der Waals surface area contributed by atoms with E-state index in [0.717, 1.165) is 16.5 Å². The number of fused-ring (bicyclic) bond motifs is 1. The molecule has 2 heterocycles. The molecule has 142 valence electrons. The summed E-state index contributed by atoms with van der Waals surface area (Å²) in [4.78, 5) is 18.9. The minimum Gasteiger partial charge on any atom is -0.451 e. The summed E-state index contributed by atoms with van der Waals surface area (Å²) in [5.74, 6) is 0.680. The number of para-hydroxylation sites is 1. The van der Waals surface area contributed by atoms with Crippen molar-refractivity contribution >= 4 is 40.2 Å². The van der Waals surface area contributed by atoms with E-state index >= 15 is 0 Å². The van der Waals surface area contributed by atoms with Crippen LogP contribution in [0.3, 0.4) is 0 Å². The average Bonchev–Trinajstić information content (AvgIpc) is 3.35. The predicted molar refractivity (Wildman–Crippen MR) is 109 cm³/mol. The molecule has 2 aromatic carbocycles. The second-order valence-corrected chi connectivity index (χ2v) is 7.61. The SMILES string of the molecule is CN(Cc1ccccc1Cl)C(=O)c1oc2ccccc2c1CSc1ncn[nH]1. The van der Waals surface area contributed by atoms with Crippen molar-refractivity contribution in [1.82, 2.24) is 20.1 Å². The lowest BCUT2D eigenvalue weighted by Gasteiger charge is -2.17. The fourth-order valence-corrected chi connectivity index (χ4v) is 3.95. The summed E-state index contributed by atoms with van der Waals surface area (Å²) in [6, 6.07) is 15.1. The van der Waals surface area contributed by atoms with Gasteiger partial charge >= 0.3 is 0 Å². The number of nitrogens with one attached hydrogen (secondary N) is 1. The van der Waals surface area contributed by atoms with Crippen LogP contribution < -0.4 is 0 Å². The van der Waals surface area contributed by atoms with Crippen molar-refractivity contribution in [2.45, 2.75) is 17.5 Å². The van der Waals surface area contributed by atoms with Crippen molar-refractivity contribution in [3.63, 3.8) is 0 Å². The Morgan fingerprint density at radius 3 is 2.79 bits per heavy atom. The Kier molecular flexibility index (Phi) is 5.36. The molecule has 8 heteroatoms. The number of aromatic amines is 1. The molecule has 0 aliphatic rings. The van der Waals surface area contributed by atoms with Crippen molar-refractivity contribution in [3.05, 3.63) is 76.8 Å². The van der Waals surface area contributed by atoms with Gasteiger partial charge in [0.1, 0.15) is 11.9 Å². The fourth-order valence-electron chi connectivity index (χ4n) is 2.95. The highest BCUT2D eigenvalue weighted by Gasteiger charge is 2.24. The van der Waals surface area contributed by atoms with E-state index in [1.807, 2.05) is 48.5 Å². The van der Waals surface area contributed by atoms with Gasteiger partial charge in [0.05, 0.1) is 0 Å². The van der Waals surface area contributed by atoms with E-state index in [4.69, 9.17) is 16.0 Å². The summed E-state index contributed by atoms with van der Waals surface area (Å²) in [6.07, 6.45) is 1.46. The Morgan fingerprint density at radius 2 is 2.00 bits per heavy atom. The molecule has 0 unspecified atom stereocenters. The highest BCUT2D eigenvalue weighted by molar-refractivity contribution is 7.98. The van der Waals surface area contributed by atoms with Crippen molar-refractivity contribution < 1.29 is 9.21 Å². The number of furan rings is 1. The van der Waals surface area contributed by atoms with Gasteiger partial charge in [0.2, 0.25) is 0 Å². The van der Waals surface area contributed by atoms with Crippen molar-refractivity contribution in [3.8, 4) is 0 Å². The molecule has 0 fully saturated rings. The number of benzene rings is 2. The highest BCUT2D eigenvalue weighted by atomic mass is 35.5. The number of thioether (sulfide) groups is 1. The van der Waals surface area contributed by atoms with Crippen LogP contribution in [0.1, 0.15) is 21.7 Å². The lowest BCUT2D eigenvalue weighted by molar-refractivity contribution is 0.0755. The number of halogens is 1. The van der Waals surface area contributed by atoms with Crippen LogP contribution >= 0.6 is 23.4 Å². The Hall–Kier alpha value is -2.77. The number of nitrogens with zero attached hydrogens (tertiary/aromatic N) is 3. The van der Waals surface area contributed by atoms with Crippen LogP contribution in [0.4, 0.5) is 0 Å². The molecule has 0 radical (unpaired) electrons. The smallest absolute Gasteiger partial charge is 0.289 e. The van der Waals surface area contributed by atoms with E-state index in [9.17, 15) is 4.79 Å². The number of H-pyrrole nitrogens is 1. The molecule has 0 spiro atoms. The summed E-state index contributed by atoms with van der Waals surface area (Å²) in [5, 5.41) is 8.92. The fraction of sp³-hybridized carbons (Fsp3) is 0.150. The van der Waals surface area contributed by atoms with Crippen molar-refractivity contribution in [2.24, 2.45) is 0 Å². The molecule has 2 aromatic heterocycles. The van der Waals surface area contributed by atoms with E-state index < -0.39 is 0 Å². The molecule has 1 N–H and O–H groups in total. The number of aromatic nitrogens is 3. The molecular formula is C20H17ClN4O2S. The van der Waals surface area contributed by atoms with E-state index in [1.54, 1.807) is 11.9 Å². The average molecular weight is 413 g/mol. The standard InChI is InChI=1S/C20H17ClN4O2S/c1-25(10-13-6-2-4-8-16(13)21)19(26)18-15(11-28-20-22-12-23-24-20)14-7-3-5-9-17(14)27-18/h2-9,12H,10-11H2,1H3,(H,22,23,24). The molecule has 1 amide bonds. The van der Waals surface area contributed by atoms with Crippen LogP contribution in [0.5, 0.6) is 0 Å². The van der Waals surface area contributed by atoms with Gasteiger partial charge in [-0.1, -0.05) is 59.8 Å². The van der Waals surface area contributed by atoms with Crippen LogP contribution in [0.15, 0.2) is 64.4 Å². The number of hydrogen-bond donors (Lipinski definition) is 1. The van der Waals surface area contributed by atoms with E-state index in [0.29, 0.717) is 33.8 Å². The van der Waals surface area contributed by atoms with Crippen LogP contribution in [0.25, 0.3) is 11.0 Å². The molecule has 0 saturated heterocycles. The van der Waals surface area contributed by atoms with Gasteiger partial charge in [-0.05, 0) is 17.7 Å². The first-order valence-electron chi connectivity index (χ1n) is 8.61. The first-order chi connectivity index (χ1) is 13.6. The first-order valence-corrected chi connectivity index (χ1v) is 9.97. The lowest BCUT2D eigenvalue weighted by atomic mass is 10.1. The predicted octanol–water partition coefficient (Wildman–Crippen LogP) is 4.77. The Bertz CT molecular complexity index is 1110. The second-order valence-electron chi connectivity index (χ2n) is 6.24. The van der Waals surface area contributed by atoms with Gasteiger partial charge in [0, 0.05) is 35.3 Å². The summed E-state index contributed by atoms with van der Waals surface area (Å²) in [6.45, 7) is 0.393. The van der Waals surface area contributed by atoms with Gasteiger partial charge in [-0.2, -0.15) is 5.10 Å². The number of carbonyl (C=O) groups is 1. The van der Waals surface area contributed by atoms with E-state index in [1.165, 1.54) is 18.1 Å². The van der Waals surface area contributed by atoms with Gasteiger partial charge in [-0.3, -0.25) is 9.89 Å². The molecule has 28 heavy (non-hydrogen) atoms. The normalized spacial score (nSPS) is 11.1. The van der Waals surface area contributed by atoms with E-state index in [2.05, 4.69) is 15.2 Å². The lowest BCUT2D eigenvalue weighted by Crippen LogP contribution is -2.26. The molecule has 6 nitrogen and oxygen atoms in total. The minimum absolute atomic E-state index is 0.190. The molecule has 0 bridgehead atoms. The summed E-state index contributed by atoms with van der Waals surface area (Å²) >= 11 is 7.71. The molecule has 4 rings (SSSR count). The summed E-state index contributed by atoms with van der Waals surface area (Å²) in [7, 11) is 1.74. The topological polar surface area (TPSA) is 75.0 Å². The molecule has 0 atom stereocenters. The van der Waals surface area contributed by atoms with Gasteiger partial charge in [0.25, 0.3) is 5.91 Å². The van der Waals surface area contributed by atoms with Gasteiger partial charge in [-0.15, -0.1) is 0 Å². The van der Waals surface area contributed by atoms with Crippen molar-refractivity contribution in [2.75, 3.05) is 7.05 Å². The first kappa shape index (κ1) is 18.6. The third-order valence-corrected chi connectivity index (χ3v) is 5.62. The third kappa shape index (κ3) is 3.76. The quantitative estimate of drug-likeness (QED) is 0.462. The van der Waals surface area contributed by atoms with Gasteiger partial charge in [0.15, 0.2) is 10.9 Å². The van der Waals surface area contributed by atoms with Crippen LogP contribution in [-0.4, -0.2) is 33.0 Å². The van der Waals surface area contributed by atoms with E-state index in [-0.39, 0.29) is 5.91 Å². The molecule has 0 aliphatic carbocycles. The highest BCUT2D eigenvalue weighted by Crippen LogP contribution is 2.32. The Morgan fingerprint density at radius 1 is 1.21 bits per heavy atom. The van der Waals surface area contributed by atoms with Crippen LogP contribution in [0.2, 0.25) is 5.02 Å². The van der Waals surface area contributed by atoms with Crippen molar-refractivity contribution in [1.29, 1.82) is 0 Å². The molecule has 0 aliphatic heterocycles. The number of carbonyl (C=O) groups excluding carboxylic acids is 1. The number of amides is 1. The Balaban J connectivity index is 1.63. The number of rotatable bonds is 6. The molecule has 4 aromatic rings. The monoisotopic (exact) mass is 412 g/mol. The maximum absolute atomic E-state index is 13.2. The number of hydrogen-bond acceptors (Lipinski definition) is 5. The maximum atomic E-state index is 13.2. The third-order valence-electron chi connectivity index (χ3n) is 4.35. The largest absolute Gasteiger partial charge is 0.451 e. The Labute approximate surface area is 170 Å².